The lowest BCUT2D eigenvalue weighted by Gasteiger charge is -2.24. The van der Waals surface area contributed by atoms with Crippen molar-refractivity contribution in [1.82, 2.24) is 10.3 Å². The summed E-state index contributed by atoms with van der Waals surface area (Å²) in [7, 11) is 0. The summed E-state index contributed by atoms with van der Waals surface area (Å²) in [6.45, 7) is 5.40. The van der Waals surface area contributed by atoms with Crippen molar-refractivity contribution in [3.8, 4) is 5.75 Å². The minimum Gasteiger partial charge on any atom is -0.491 e. The second-order valence-corrected chi connectivity index (χ2v) is 10.1. The van der Waals surface area contributed by atoms with Crippen LogP contribution in [0.15, 0.2) is 85.1 Å². The SMILES string of the molecule is CC(C)(C)OC(=O)N[C@@H](COc1ccc2ncc(F)cc2c1C(=O)OCc1ccccc1)Cc1ccccc1. The van der Waals surface area contributed by atoms with Crippen LogP contribution in [0, 0.1) is 5.82 Å². The van der Waals surface area contributed by atoms with E-state index in [0.717, 1.165) is 17.3 Å². The summed E-state index contributed by atoms with van der Waals surface area (Å²) in [5.41, 5.74) is 1.60. The van der Waals surface area contributed by atoms with Gasteiger partial charge in [0.2, 0.25) is 0 Å². The third-order valence-corrected chi connectivity index (χ3v) is 5.70. The Balaban J connectivity index is 1.59. The number of rotatable bonds is 9. The van der Waals surface area contributed by atoms with Crippen LogP contribution in [-0.4, -0.2) is 35.3 Å². The third-order valence-electron chi connectivity index (χ3n) is 5.70. The number of nitrogens with zero attached hydrogens (tertiary/aromatic N) is 1. The van der Waals surface area contributed by atoms with Crippen LogP contribution < -0.4 is 10.1 Å². The van der Waals surface area contributed by atoms with Gasteiger partial charge in [0.1, 0.15) is 35.9 Å². The molecule has 3 aromatic carbocycles. The number of halogens is 1. The number of esters is 1. The lowest BCUT2D eigenvalue weighted by Crippen LogP contribution is -2.43. The molecule has 202 valence electrons. The van der Waals surface area contributed by atoms with Crippen molar-refractivity contribution in [2.45, 2.75) is 45.4 Å². The fraction of sp³-hybridized carbons (Fsp3) is 0.258. The Bertz CT molecular complexity index is 1420. The fourth-order valence-electron chi connectivity index (χ4n) is 3.99. The molecule has 0 aliphatic rings. The number of pyridine rings is 1. The zero-order valence-corrected chi connectivity index (χ0v) is 22.1. The summed E-state index contributed by atoms with van der Waals surface area (Å²) in [4.78, 5) is 30.0. The number of hydrogen-bond donors (Lipinski definition) is 1. The van der Waals surface area contributed by atoms with Gasteiger partial charge in [-0.2, -0.15) is 0 Å². The van der Waals surface area contributed by atoms with Crippen molar-refractivity contribution < 1.29 is 28.2 Å². The maximum Gasteiger partial charge on any atom is 0.408 e. The first-order chi connectivity index (χ1) is 18.7. The van der Waals surface area contributed by atoms with E-state index in [1.165, 1.54) is 6.07 Å². The molecule has 1 atom stereocenters. The van der Waals surface area contributed by atoms with Gasteiger partial charge in [0.15, 0.2) is 0 Å². The van der Waals surface area contributed by atoms with E-state index in [4.69, 9.17) is 14.2 Å². The lowest BCUT2D eigenvalue weighted by molar-refractivity contribution is 0.0455. The Morgan fingerprint density at radius 2 is 1.62 bits per heavy atom. The Morgan fingerprint density at radius 1 is 0.949 bits per heavy atom. The first kappa shape index (κ1) is 27.6. The average Bonchev–Trinajstić information content (AvgIpc) is 2.90. The molecule has 1 amide bonds. The zero-order chi connectivity index (χ0) is 27.8. The minimum absolute atomic E-state index is 0.0152. The van der Waals surface area contributed by atoms with E-state index >= 15 is 0 Å². The van der Waals surface area contributed by atoms with Crippen LogP contribution in [0.2, 0.25) is 0 Å². The van der Waals surface area contributed by atoms with Gasteiger partial charge in [-0.15, -0.1) is 0 Å². The van der Waals surface area contributed by atoms with E-state index in [-0.39, 0.29) is 29.9 Å². The van der Waals surface area contributed by atoms with E-state index in [0.29, 0.717) is 11.9 Å². The first-order valence-electron chi connectivity index (χ1n) is 12.6. The summed E-state index contributed by atoms with van der Waals surface area (Å²) < 4.78 is 31.3. The van der Waals surface area contributed by atoms with Crippen LogP contribution in [0.3, 0.4) is 0 Å². The summed E-state index contributed by atoms with van der Waals surface area (Å²) >= 11 is 0. The molecule has 7 nitrogen and oxygen atoms in total. The molecule has 0 spiro atoms. The van der Waals surface area contributed by atoms with Crippen molar-refractivity contribution in [2.75, 3.05) is 6.61 Å². The zero-order valence-electron chi connectivity index (χ0n) is 22.1. The van der Waals surface area contributed by atoms with E-state index in [2.05, 4.69) is 10.3 Å². The quantitative estimate of drug-likeness (QED) is 0.258. The molecule has 0 bridgehead atoms. The molecule has 0 fully saturated rings. The van der Waals surface area contributed by atoms with E-state index in [9.17, 15) is 14.0 Å². The predicted molar refractivity (Wildman–Crippen MR) is 146 cm³/mol. The molecule has 0 radical (unpaired) electrons. The lowest BCUT2D eigenvalue weighted by atomic mass is 10.1. The monoisotopic (exact) mass is 530 g/mol. The second kappa shape index (κ2) is 12.4. The molecule has 8 heteroatoms. The normalized spacial score (nSPS) is 12.0. The highest BCUT2D eigenvalue weighted by Crippen LogP contribution is 2.29. The molecular weight excluding hydrogens is 499 g/mol. The summed E-state index contributed by atoms with van der Waals surface area (Å²) in [6.07, 6.45) is 0.958. The number of nitrogens with one attached hydrogen (secondary N) is 1. The van der Waals surface area contributed by atoms with Gasteiger partial charge in [0, 0.05) is 5.39 Å². The standard InChI is InChI=1S/C31H31FN2O5/c1-31(2,3)39-30(36)34-24(16-21-10-6-4-7-11-21)20-37-27-15-14-26-25(17-23(32)18-33-26)28(27)29(35)38-19-22-12-8-5-9-13-22/h4-15,17-18,24H,16,19-20H2,1-3H3,(H,34,36)/t24-/m1/s1. The van der Waals surface area contributed by atoms with Gasteiger partial charge in [-0.1, -0.05) is 60.7 Å². The maximum absolute atomic E-state index is 14.2. The van der Waals surface area contributed by atoms with E-state index < -0.39 is 29.5 Å². The molecule has 4 aromatic rings. The fourth-order valence-corrected chi connectivity index (χ4v) is 3.99. The molecule has 0 saturated heterocycles. The first-order valence-corrected chi connectivity index (χ1v) is 12.6. The number of benzene rings is 3. The van der Waals surface area contributed by atoms with Crippen LogP contribution in [0.4, 0.5) is 9.18 Å². The highest BCUT2D eigenvalue weighted by Gasteiger charge is 2.23. The van der Waals surface area contributed by atoms with Crippen LogP contribution in [0.25, 0.3) is 10.9 Å². The molecule has 0 aliphatic heterocycles. The molecule has 1 heterocycles. The van der Waals surface area contributed by atoms with Crippen LogP contribution in [-0.2, 0) is 22.5 Å². The van der Waals surface area contributed by atoms with Crippen molar-refractivity contribution >= 4 is 23.0 Å². The van der Waals surface area contributed by atoms with Gasteiger partial charge in [0.25, 0.3) is 0 Å². The van der Waals surface area contributed by atoms with E-state index in [1.807, 2.05) is 60.7 Å². The number of carbonyl (C=O) groups is 2. The molecule has 1 aromatic heterocycles. The van der Waals surface area contributed by atoms with Gasteiger partial charge in [-0.25, -0.2) is 14.0 Å². The molecule has 4 rings (SSSR count). The van der Waals surface area contributed by atoms with Crippen LogP contribution in [0.1, 0.15) is 42.3 Å². The molecular formula is C31H31FN2O5. The second-order valence-electron chi connectivity index (χ2n) is 10.1. The number of alkyl carbamates (subject to hydrolysis) is 1. The minimum atomic E-state index is -0.674. The number of ether oxygens (including phenoxy) is 3. The molecule has 1 N–H and O–H groups in total. The van der Waals surface area contributed by atoms with Crippen molar-refractivity contribution in [3.05, 3.63) is 108 Å². The molecule has 39 heavy (non-hydrogen) atoms. The summed E-state index contributed by atoms with van der Waals surface area (Å²) in [5.74, 6) is -1.08. The van der Waals surface area contributed by atoms with Crippen molar-refractivity contribution in [3.63, 3.8) is 0 Å². The number of aromatic nitrogens is 1. The highest BCUT2D eigenvalue weighted by atomic mass is 19.1. The molecule has 0 aliphatic carbocycles. The van der Waals surface area contributed by atoms with Crippen molar-refractivity contribution in [1.29, 1.82) is 0 Å². The molecule has 0 unspecified atom stereocenters. The topological polar surface area (TPSA) is 86.8 Å². The largest absolute Gasteiger partial charge is 0.491 e. The predicted octanol–water partition coefficient (Wildman–Crippen LogP) is 6.25. The summed E-state index contributed by atoms with van der Waals surface area (Å²) in [6, 6.07) is 22.8. The number of fused-ring (bicyclic) bond motifs is 1. The van der Waals surface area contributed by atoms with Crippen LogP contribution >= 0.6 is 0 Å². The van der Waals surface area contributed by atoms with Gasteiger partial charge >= 0.3 is 12.1 Å². The van der Waals surface area contributed by atoms with Crippen molar-refractivity contribution in [2.24, 2.45) is 0 Å². The smallest absolute Gasteiger partial charge is 0.408 e. The Morgan fingerprint density at radius 3 is 2.28 bits per heavy atom. The third kappa shape index (κ3) is 8.01. The Labute approximate surface area is 226 Å². The van der Waals surface area contributed by atoms with Crippen LogP contribution in [0.5, 0.6) is 5.75 Å². The number of hydrogen-bond acceptors (Lipinski definition) is 6. The van der Waals surface area contributed by atoms with Gasteiger partial charge in [-0.3, -0.25) is 4.98 Å². The number of carbonyl (C=O) groups excluding carboxylic acids is 2. The maximum atomic E-state index is 14.2. The van der Waals surface area contributed by atoms with Gasteiger partial charge in [0.05, 0.1) is 17.8 Å². The highest BCUT2D eigenvalue weighted by molar-refractivity contribution is 6.06. The van der Waals surface area contributed by atoms with Gasteiger partial charge < -0.3 is 19.5 Å². The van der Waals surface area contributed by atoms with E-state index in [1.54, 1.807) is 32.9 Å². The molecule has 0 saturated carbocycles. The van der Waals surface area contributed by atoms with Gasteiger partial charge in [-0.05, 0) is 56.5 Å². The Kier molecular flexibility index (Phi) is 8.76. The number of amides is 1. The summed E-state index contributed by atoms with van der Waals surface area (Å²) in [5, 5.41) is 3.13. The Hall–Kier alpha value is -4.46. The average molecular weight is 531 g/mol.